The van der Waals surface area contributed by atoms with Crippen molar-refractivity contribution in [3.63, 3.8) is 0 Å². The van der Waals surface area contributed by atoms with Crippen LogP contribution in [0.3, 0.4) is 0 Å². The Balaban J connectivity index is 1.53. The first kappa shape index (κ1) is 23.6. The number of nitrogen functional groups attached to an aromatic ring is 1. The summed E-state index contributed by atoms with van der Waals surface area (Å²) < 4.78 is 11.7. The summed E-state index contributed by atoms with van der Waals surface area (Å²) in [6, 6.07) is 12.0. The highest BCUT2D eigenvalue weighted by Gasteiger charge is 2.12. The molecule has 0 aliphatic carbocycles. The van der Waals surface area contributed by atoms with Crippen LogP contribution in [0.4, 0.5) is 11.6 Å². The Morgan fingerprint density at radius 1 is 1.12 bits per heavy atom. The van der Waals surface area contributed by atoms with Crippen molar-refractivity contribution in [2.75, 3.05) is 36.6 Å². The number of anilines is 2. The average molecular weight is 470 g/mol. The minimum atomic E-state index is -0.250. The lowest BCUT2D eigenvalue weighted by Gasteiger charge is -2.07. The van der Waals surface area contributed by atoms with Crippen LogP contribution in [0.25, 0.3) is 0 Å². The molecule has 33 heavy (non-hydrogen) atoms. The number of nitrogens with one attached hydrogen (secondary N) is 2. The number of ketones is 1. The van der Waals surface area contributed by atoms with E-state index in [1.165, 1.54) is 11.6 Å². The standard InChI is InChI=1S/C21H23N7O4S/c1-13(29)15-5-7-16(8-6-15)24-19(30)12-33-21-27-26-20(28(21)22)25-23-11-14-4-9-17(31-2)18(10-14)32-3/h4-11H,12,22H2,1-3H3,(H,24,30)(H,25,26)/b23-11+. The van der Waals surface area contributed by atoms with E-state index in [1.54, 1.807) is 56.8 Å². The van der Waals surface area contributed by atoms with Gasteiger partial charge in [-0.1, -0.05) is 11.8 Å². The van der Waals surface area contributed by atoms with Crippen molar-refractivity contribution in [3.05, 3.63) is 53.6 Å². The number of hydrogen-bond donors (Lipinski definition) is 3. The molecular weight excluding hydrogens is 446 g/mol. The molecule has 1 heterocycles. The van der Waals surface area contributed by atoms with Gasteiger partial charge >= 0.3 is 0 Å². The van der Waals surface area contributed by atoms with Gasteiger partial charge in [0.15, 0.2) is 17.3 Å². The van der Waals surface area contributed by atoms with E-state index in [9.17, 15) is 9.59 Å². The number of nitrogens with zero attached hydrogens (tertiary/aromatic N) is 4. The van der Waals surface area contributed by atoms with Gasteiger partial charge in [-0.25, -0.2) is 10.1 Å². The van der Waals surface area contributed by atoms with Crippen molar-refractivity contribution in [3.8, 4) is 11.5 Å². The van der Waals surface area contributed by atoms with Crippen molar-refractivity contribution in [2.45, 2.75) is 12.1 Å². The molecule has 3 aromatic rings. The smallest absolute Gasteiger partial charge is 0.264 e. The maximum Gasteiger partial charge on any atom is 0.264 e. The van der Waals surface area contributed by atoms with E-state index >= 15 is 0 Å². The van der Waals surface area contributed by atoms with E-state index in [-0.39, 0.29) is 23.4 Å². The van der Waals surface area contributed by atoms with Crippen LogP contribution in [0, 0.1) is 0 Å². The first-order valence-corrected chi connectivity index (χ1v) is 10.6. The van der Waals surface area contributed by atoms with Crippen molar-refractivity contribution in [1.82, 2.24) is 14.9 Å². The number of methoxy groups -OCH3 is 2. The van der Waals surface area contributed by atoms with Gasteiger partial charge in [-0.2, -0.15) is 5.10 Å². The first-order valence-electron chi connectivity index (χ1n) is 9.66. The van der Waals surface area contributed by atoms with Gasteiger partial charge in [0.25, 0.3) is 5.95 Å². The van der Waals surface area contributed by atoms with E-state index < -0.39 is 0 Å². The van der Waals surface area contributed by atoms with Crippen LogP contribution in [0.2, 0.25) is 0 Å². The fourth-order valence-corrected chi connectivity index (χ4v) is 3.32. The van der Waals surface area contributed by atoms with Crippen LogP contribution in [-0.2, 0) is 4.79 Å². The molecule has 1 aromatic heterocycles. The van der Waals surface area contributed by atoms with Crippen LogP contribution in [0.5, 0.6) is 11.5 Å². The third kappa shape index (κ3) is 6.23. The number of nitrogens with two attached hydrogens (primary N) is 1. The number of amides is 1. The summed E-state index contributed by atoms with van der Waals surface area (Å²) in [6.07, 6.45) is 1.56. The Morgan fingerprint density at radius 3 is 2.52 bits per heavy atom. The number of hydrogen-bond acceptors (Lipinski definition) is 10. The Labute approximate surface area is 194 Å². The van der Waals surface area contributed by atoms with E-state index in [2.05, 4.69) is 26.0 Å². The Hall–Kier alpha value is -4.06. The summed E-state index contributed by atoms with van der Waals surface area (Å²) in [6.45, 7) is 1.48. The molecule has 11 nitrogen and oxygen atoms in total. The zero-order chi connectivity index (χ0) is 23.8. The molecule has 0 spiro atoms. The van der Waals surface area contributed by atoms with Gasteiger partial charge in [0.05, 0.1) is 26.2 Å². The normalized spacial score (nSPS) is 10.8. The maximum absolute atomic E-state index is 12.2. The number of aromatic nitrogens is 3. The topological polar surface area (TPSA) is 146 Å². The van der Waals surface area contributed by atoms with Crippen molar-refractivity contribution in [2.24, 2.45) is 5.10 Å². The third-order valence-corrected chi connectivity index (χ3v) is 5.30. The van der Waals surface area contributed by atoms with Gasteiger partial charge in [-0.15, -0.1) is 10.2 Å². The van der Waals surface area contributed by atoms with Gasteiger partial charge in [-0.05, 0) is 55.0 Å². The Kier molecular flexibility index (Phi) is 7.86. The van der Waals surface area contributed by atoms with Gasteiger partial charge in [0.2, 0.25) is 11.1 Å². The SMILES string of the molecule is COc1ccc(/C=N/Nc2nnc(SCC(=O)Nc3ccc(C(C)=O)cc3)n2N)cc1OC. The van der Waals surface area contributed by atoms with Crippen LogP contribution in [0.1, 0.15) is 22.8 Å². The number of Topliss-reactive ketones (excluding diaryl/α,β-unsaturated/α-hetero) is 1. The maximum atomic E-state index is 12.2. The summed E-state index contributed by atoms with van der Waals surface area (Å²) >= 11 is 1.12. The Morgan fingerprint density at radius 2 is 1.85 bits per heavy atom. The molecule has 1 amide bonds. The third-order valence-electron chi connectivity index (χ3n) is 4.36. The van der Waals surface area contributed by atoms with E-state index in [0.717, 1.165) is 17.3 Å². The minimum absolute atomic E-state index is 0.0387. The molecule has 4 N–H and O–H groups in total. The molecule has 0 fully saturated rings. The van der Waals surface area contributed by atoms with E-state index in [1.807, 2.05) is 6.07 Å². The van der Waals surface area contributed by atoms with Crippen molar-refractivity contribution in [1.29, 1.82) is 0 Å². The summed E-state index contributed by atoms with van der Waals surface area (Å²) in [5.74, 6) is 7.16. The molecule has 0 aliphatic rings. The second-order valence-electron chi connectivity index (χ2n) is 6.63. The summed E-state index contributed by atoms with van der Waals surface area (Å²) in [4.78, 5) is 23.5. The minimum Gasteiger partial charge on any atom is -0.493 e. The van der Waals surface area contributed by atoms with Crippen molar-refractivity contribution >= 4 is 41.3 Å². The first-order chi connectivity index (χ1) is 15.9. The second kappa shape index (κ2) is 11.0. The number of thioether (sulfide) groups is 1. The largest absolute Gasteiger partial charge is 0.493 e. The molecule has 0 saturated carbocycles. The van der Waals surface area contributed by atoms with Crippen molar-refractivity contribution < 1.29 is 19.1 Å². The Bertz CT molecular complexity index is 1160. The number of ether oxygens (including phenoxy) is 2. The van der Waals surface area contributed by atoms with Crippen LogP contribution >= 0.6 is 11.8 Å². The molecule has 2 aromatic carbocycles. The monoisotopic (exact) mass is 469 g/mol. The van der Waals surface area contributed by atoms with Gasteiger partial charge in [0, 0.05) is 11.3 Å². The quantitative estimate of drug-likeness (QED) is 0.134. The summed E-state index contributed by atoms with van der Waals surface area (Å²) in [5.41, 5.74) is 4.65. The fraction of sp³-hybridized carbons (Fsp3) is 0.190. The average Bonchev–Trinajstić information content (AvgIpc) is 3.17. The lowest BCUT2D eigenvalue weighted by atomic mass is 10.1. The lowest BCUT2D eigenvalue weighted by Crippen LogP contribution is -2.17. The molecule has 0 unspecified atom stereocenters. The van der Waals surface area contributed by atoms with Crippen LogP contribution < -0.4 is 26.1 Å². The second-order valence-corrected chi connectivity index (χ2v) is 7.57. The highest BCUT2D eigenvalue weighted by atomic mass is 32.2. The lowest BCUT2D eigenvalue weighted by molar-refractivity contribution is -0.113. The summed E-state index contributed by atoms with van der Waals surface area (Å²) in [7, 11) is 3.12. The number of carbonyl (C=O) groups is 2. The molecule has 0 saturated heterocycles. The summed E-state index contributed by atoms with van der Waals surface area (Å²) in [5, 5.41) is 15.1. The van der Waals surface area contributed by atoms with Gasteiger partial charge < -0.3 is 20.6 Å². The molecule has 12 heteroatoms. The van der Waals surface area contributed by atoms with Crippen LogP contribution in [-0.4, -0.2) is 52.8 Å². The molecule has 0 atom stereocenters. The van der Waals surface area contributed by atoms with E-state index in [4.69, 9.17) is 15.3 Å². The highest BCUT2D eigenvalue weighted by Crippen LogP contribution is 2.27. The van der Waals surface area contributed by atoms with Crippen LogP contribution in [0.15, 0.2) is 52.7 Å². The number of carbonyl (C=O) groups excluding carboxylic acids is 2. The molecule has 172 valence electrons. The molecule has 0 bridgehead atoms. The number of rotatable bonds is 10. The predicted molar refractivity (Wildman–Crippen MR) is 127 cm³/mol. The predicted octanol–water partition coefficient (Wildman–Crippen LogP) is 2.39. The molecule has 0 radical (unpaired) electrons. The van der Waals surface area contributed by atoms with Gasteiger partial charge in [-0.3, -0.25) is 9.59 Å². The number of benzene rings is 2. The van der Waals surface area contributed by atoms with Gasteiger partial charge in [0.1, 0.15) is 0 Å². The fourth-order valence-electron chi connectivity index (χ4n) is 2.66. The number of hydrazone groups is 1. The molecular formula is C21H23N7O4S. The highest BCUT2D eigenvalue weighted by molar-refractivity contribution is 7.99. The zero-order valence-electron chi connectivity index (χ0n) is 18.2. The van der Waals surface area contributed by atoms with E-state index in [0.29, 0.717) is 27.9 Å². The molecule has 0 aliphatic heterocycles. The molecule has 3 rings (SSSR count). The zero-order valence-corrected chi connectivity index (χ0v) is 19.0.